The van der Waals surface area contributed by atoms with Crippen LogP contribution in [-0.4, -0.2) is 29.9 Å². The number of nitrogens with zero attached hydrogens (tertiary/aromatic N) is 1. The molecule has 0 atom stereocenters. The molecule has 0 aliphatic heterocycles. The zero-order valence-corrected chi connectivity index (χ0v) is 17.0. The molecule has 2 aromatic carbocycles. The first kappa shape index (κ1) is 20.8. The van der Waals surface area contributed by atoms with E-state index in [1.165, 1.54) is 19.4 Å². The standard InChI is InChI=1S/C20H19N5O4S/c1-12(26)21-14-8-9-17(29-2)15(10-14)23-18(27)16-11-30-20(24-16)25-19(28)22-13-6-4-3-5-7-13/h3-11H,1-2H3,(H,21,26)(H,23,27)(H2,22,24,25,28). The van der Waals surface area contributed by atoms with Gasteiger partial charge >= 0.3 is 6.03 Å². The zero-order valence-electron chi connectivity index (χ0n) is 16.2. The van der Waals surface area contributed by atoms with Gasteiger partial charge in [0.2, 0.25) is 5.91 Å². The Morgan fingerprint density at radius 1 is 0.933 bits per heavy atom. The molecule has 0 spiro atoms. The third kappa shape index (κ3) is 5.55. The number of thiazole rings is 1. The van der Waals surface area contributed by atoms with Crippen LogP contribution in [0.1, 0.15) is 17.4 Å². The predicted octanol–water partition coefficient (Wildman–Crippen LogP) is 4.01. The molecule has 0 aliphatic rings. The minimum absolute atomic E-state index is 0.127. The first-order valence-corrected chi connectivity index (χ1v) is 9.68. The number of urea groups is 1. The Hall–Kier alpha value is -3.92. The number of hydrogen-bond acceptors (Lipinski definition) is 6. The van der Waals surface area contributed by atoms with Crippen molar-refractivity contribution in [1.29, 1.82) is 0 Å². The Labute approximate surface area is 176 Å². The van der Waals surface area contributed by atoms with E-state index in [1.54, 1.807) is 42.5 Å². The lowest BCUT2D eigenvalue weighted by atomic mass is 10.2. The lowest BCUT2D eigenvalue weighted by Gasteiger charge is -2.11. The van der Waals surface area contributed by atoms with Gasteiger partial charge < -0.3 is 20.7 Å². The molecule has 0 unspecified atom stereocenters. The Morgan fingerprint density at radius 3 is 2.40 bits per heavy atom. The fourth-order valence-corrected chi connectivity index (χ4v) is 3.18. The highest BCUT2D eigenvalue weighted by Gasteiger charge is 2.15. The average molecular weight is 425 g/mol. The van der Waals surface area contributed by atoms with Gasteiger partial charge in [-0.3, -0.25) is 14.9 Å². The van der Waals surface area contributed by atoms with Gasteiger partial charge in [-0.15, -0.1) is 11.3 Å². The summed E-state index contributed by atoms with van der Waals surface area (Å²) in [6, 6.07) is 13.4. The van der Waals surface area contributed by atoms with Crippen molar-refractivity contribution in [2.24, 2.45) is 0 Å². The smallest absolute Gasteiger partial charge is 0.325 e. The van der Waals surface area contributed by atoms with Gasteiger partial charge in [0.15, 0.2) is 5.13 Å². The topological polar surface area (TPSA) is 121 Å². The van der Waals surface area contributed by atoms with Gasteiger partial charge in [-0.2, -0.15) is 0 Å². The molecule has 3 rings (SSSR count). The molecule has 154 valence electrons. The number of nitrogens with one attached hydrogen (secondary N) is 4. The Kier molecular flexibility index (Phi) is 6.60. The Morgan fingerprint density at radius 2 is 1.70 bits per heavy atom. The number of carbonyl (C=O) groups excluding carboxylic acids is 3. The maximum Gasteiger partial charge on any atom is 0.325 e. The van der Waals surface area contributed by atoms with Crippen LogP contribution in [0.15, 0.2) is 53.9 Å². The SMILES string of the molecule is COc1ccc(NC(C)=O)cc1NC(=O)c1csc(NC(=O)Nc2ccccc2)n1. The van der Waals surface area contributed by atoms with Crippen molar-refractivity contribution < 1.29 is 19.1 Å². The van der Waals surface area contributed by atoms with Crippen molar-refractivity contribution in [1.82, 2.24) is 4.98 Å². The van der Waals surface area contributed by atoms with E-state index >= 15 is 0 Å². The molecule has 0 saturated heterocycles. The Bertz CT molecular complexity index is 1070. The highest BCUT2D eigenvalue weighted by molar-refractivity contribution is 7.14. The van der Waals surface area contributed by atoms with Crippen molar-refractivity contribution in [2.45, 2.75) is 6.92 Å². The fourth-order valence-electron chi connectivity index (χ4n) is 2.49. The first-order valence-electron chi connectivity index (χ1n) is 8.80. The van der Waals surface area contributed by atoms with Crippen LogP contribution in [0.3, 0.4) is 0 Å². The number of benzene rings is 2. The number of ether oxygens (including phenoxy) is 1. The molecule has 0 bridgehead atoms. The minimum atomic E-state index is -0.485. The summed E-state index contributed by atoms with van der Waals surface area (Å²) in [7, 11) is 1.47. The molecule has 0 aliphatic carbocycles. The molecule has 0 radical (unpaired) electrons. The molecule has 0 saturated carbocycles. The van der Waals surface area contributed by atoms with Crippen LogP contribution in [0.25, 0.3) is 0 Å². The summed E-state index contributed by atoms with van der Waals surface area (Å²) in [6.45, 7) is 1.39. The van der Waals surface area contributed by atoms with E-state index in [0.29, 0.717) is 22.8 Å². The highest BCUT2D eigenvalue weighted by Crippen LogP contribution is 2.28. The molecule has 1 aromatic heterocycles. The van der Waals surface area contributed by atoms with Crippen molar-refractivity contribution >= 4 is 51.4 Å². The number of anilines is 4. The number of hydrogen-bond donors (Lipinski definition) is 4. The fraction of sp³-hybridized carbons (Fsp3) is 0.100. The summed E-state index contributed by atoms with van der Waals surface area (Å²) in [4.78, 5) is 40.0. The van der Waals surface area contributed by atoms with Crippen molar-refractivity contribution in [3.8, 4) is 5.75 Å². The van der Waals surface area contributed by atoms with Gasteiger partial charge in [0, 0.05) is 23.7 Å². The third-order valence-electron chi connectivity index (χ3n) is 3.76. The summed E-state index contributed by atoms with van der Waals surface area (Å²) in [5.41, 5.74) is 1.65. The van der Waals surface area contributed by atoms with E-state index in [1.807, 2.05) is 6.07 Å². The van der Waals surface area contributed by atoms with Gasteiger partial charge in [0.1, 0.15) is 11.4 Å². The molecule has 4 N–H and O–H groups in total. The normalized spacial score (nSPS) is 10.1. The second-order valence-electron chi connectivity index (χ2n) is 6.03. The molecule has 1 heterocycles. The molecular formula is C20H19N5O4S. The van der Waals surface area contributed by atoms with E-state index in [0.717, 1.165) is 11.3 Å². The second kappa shape index (κ2) is 9.52. The molecule has 9 nitrogen and oxygen atoms in total. The number of carbonyl (C=O) groups is 3. The van der Waals surface area contributed by atoms with Crippen LogP contribution in [0.4, 0.5) is 27.0 Å². The molecule has 10 heteroatoms. The molecule has 3 aromatic rings. The van der Waals surface area contributed by atoms with Crippen LogP contribution in [0, 0.1) is 0 Å². The van der Waals surface area contributed by atoms with Crippen LogP contribution in [-0.2, 0) is 4.79 Å². The van der Waals surface area contributed by atoms with E-state index < -0.39 is 11.9 Å². The van der Waals surface area contributed by atoms with Gasteiger partial charge in [0.25, 0.3) is 5.91 Å². The minimum Gasteiger partial charge on any atom is -0.495 e. The molecule has 0 fully saturated rings. The highest BCUT2D eigenvalue weighted by atomic mass is 32.1. The molecular weight excluding hydrogens is 406 g/mol. The first-order chi connectivity index (χ1) is 14.4. The van der Waals surface area contributed by atoms with Crippen LogP contribution >= 0.6 is 11.3 Å². The second-order valence-corrected chi connectivity index (χ2v) is 6.89. The number of amides is 4. The van der Waals surface area contributed by atoms with Gasteiger partial charge in [-0.05, 0) is 30.3 Å². The summed E-state index contributed by atoms with van der Waals surface area (Å²) in [6.07, 6.45) is 0. The van der Waals surface area contributed by atoms with Gasteiger partial charge in [0.05, 0.1) is 12.8 Å². The molecule has 4 amide bonds. The van der Waals surface area contributed by atoms with E-state index in [9.17, 15) is 14.4 Å². The van der Waals surface area contributed by atoms with Crippen LogP contribution in [0.2, 0.25) is 0 Å². The number of rotatable bonds is 6. The monoisotopic (exact) mass is 425 g/mol. The van der Waals surface area contributed by atoms with E-state index in [4.69, 9.17) is 4.74 Å². The largest absolute Gasteiger partial charge is 0.495 e. The van der Waals surface area contributed by atoms with E-state index in [-0.39, 0.29) is 16.7 Å². The van der Waals surface area contributed by atoms with Crippen molar-refractivity contribution in [2.75, 3.05) is 28.4 Å². The average Bonchev–Trinajstić information content (AvgIpc) is 3.17. The quantitative estimate of drug-likeness (QED) is 0.475. The van der Waals surface area contributed by atoms with Gasteiger partial charge in [-0.1, -0.05) is 18.2 Å². The molecule has 30 heavy (non-hydrogen) atoms. The number of aromatic nitrogens is 1. The maximum absolute atomic E-state index is 12.6. The number of methoxy groups -OCH3 is 1. The third-order valence-corrected chi connectivity index (χ3v) is 4.51. The zero-order chi connectivity index (χ0) is 21.5. The maximum atomic E-state index is 12.6. The van der Waals surface area contributed by atoms with Crippen LogP contribution in [0.5, 0.6) is 5.75 Å². The summed E-state index contributed by atoms with van der Waals surface area (Å²) in [5.74, 6) is -0.296. The van der Waals surface area contributed by atoms with Crippen LogP contribution < -0.4 is 26.0 Å². The van der Waals surface area contributed by atoms with Crippen molar-refractivity contribution in [3.05, 3.63) is 59.6 Å². The number of para-hydroxylation sites is 1. The Balaban J connectivity index is 1.66. The summed E-state index contributed by atoms with van der Waals surface area (Å²) in [5, 5.41) is 12.4. The van der Waals surface area contributed by atoms with E-state index in [2.05, 4.69) is 26.3 Å². The lowest BCUT2D eigenvalue weighted by molar-refractivity contribution is -0.114. The predicted molar refractivity (Wildman–Crippen MR) is 116 cm³/mol. The summed E-state index contributed by atoms with van der Waals surface area (Å²) < 4.78 is 5.25. The lowest BCUT2D eigenvalue weighted by Crippen LogP contribution is -2.19. The van der Waals surface area contributed by atoms with Crippen molar-refractivity contribution in [3.63, 3.8) is 0 Å². The van der Waals surface area contributed by atoms with Gasteiger partial charge in [-0.25, -0.2) is 9.78 Å². The summed E-state index contributed by atoms with van der Waals surface area (Å²) >= 11 is 1.12.